The summed E-state index contributed by atoms with van der Waals surface area (Å²) in [5, 5.41) is 8.47. The zero-order valence-corrected chi connectivity index (χ0v) is 11.6. The molecule has 1 saturated heterocycles. The molecule has 21 heavy (non-hydrogen) atoms. The van der Waals surface area contributed by atoms with E-state index >= 15 is 0 Å². The molecule has 0 bridgehead atoms. The molecule has 6 heteroatoms. The van der Waals surface area contributed by atoms with Crippen LogP contribution in [-0.4, -0.2) is 24.3 Å². The maximum absolute atomic E-state index is 11.8. The number of cyclic esters (lactones) is 2. The minimum absolute atomic E-state index is 0.0850. The number of hydrogen-bond donors (Lipinski definition) is 0. The third-order valence-electron chi connectivity index (χ3n) is 2.59. The topological polar surface area (TPSA) is 85.6 Å². The molecule has 0 aliphatic carbocycles. The Bertz CT molecular complexity index is 632. The molecule has 1 aromatic rings. The molecule has 2 rings (SSSR count). The lowest BCUT2D eigenvalue weighted by molar-refractivity contribution is -0.222. The Morgan fingerprint density at radius 2 is 1.95 bits per heavy atom. The van der Waals surface area contributed by atoms with Crippen LogP contribution >= 0.6 is 0 Å². The summed E-state index contributed by atoms with van der Waals surface area (Å²) >= 11 is 0. The average Bonchev–Trinajstić information content (AvgIpc) is 2.40. The van der Waals surface area contributed by atoms with E-state index in [9.17, 15) is 9.59 Å². The molecule has 0 radical (unpaired) electrons. The van der Waals surface area contributed by atoms with Gasteiger partial charge in [0.25, 0.3) is 5.79 Å². The molecule has 1 aromatic carbocycles. The maximum Gasteiger partial charge on any atom is 0.348 e. The van der Waals surface area contributed by atoms with Gasteiger partial charge in [-0.2, -0.15) is 5.26 Å². The number of rotatable bonds is 3. The van der Waals surface area contributed by atoms with Crippen LogP contribution in [0.2, 0.25) is 0 Å². The highest BCUT2D eigenvalue weighted by Gasteiger charge is 2.38. The number of nitrogens with zero attached hydrogens (tertiary/aromatic N) is 1. The van der Waals surface area contributed by atoms with Crippen LogP contribution in [0, 0.1) is 11.3 Å². The van der Waals surface area contributed by atoms with E-state index in [-0.39, 0.29) is 12.2 Å². The van der Waals surface area contributed by atoms with E-state index < -0.39 is 17.7 Å². The first-order valence-corrected chi connectivity index (χ1v) is 6.19. The van der Waals surface area contributed by atoms with Crippen molar-refractivity contribution in [2.45, 2.75) is 19.6 Å². The van der Waals surface area contributed by atoms with Crippen LogP contribution in [0.1, 0.15) is 19.4 Å². The van der Waals surface area contributed by atoms with E-state index in [4.69, 9.17) is 19.5 Å². The molecule has 108 valence electrons. The third-order valence-corrected chi connectivity index (χ3v) is 2.59. The number of benzene rings is 1. The summed E-state index contributed by atoms with van der Waals surface area (Å²) in [5.41, 5.74) is 0.376. The van der Waals surface area contributed by atoms with Crippen molar-refractivity contribution >= 4 is 18.0 Å². The Balaban J connectivity index is 2.25. The van der Waals surface area contributed by atoms with Crippen LogP contribution in [0.3, 0.4) is 0 Å². The van der Waals surface area contributed by atoms with Crippen molar-refractivity contribution in [2.75, 3.05) is 6.61 Å². The number of carbonyl (C=O) groups excluding carboxylic acids is 2. The normalized spacial score (nSPS) is 16.5. The van der Waals surface area contributed by atoms with Crippen molar-refractivity contribution in [1.29, 1.82) is 5.26 Å². The van der Waals surface area contributed by atoms with Gasteiger partial charge in [0.2, 0.25) is 0 Å². The summed E-state index contributed by atoms with van der Waals surface area (Å²) in [6, 6.07) is 8.49. The number of ether oxygens (including phenoxy) is 3. The third kappa shape index (κ3) is 3.60. The second-order valence-electron chi connectivity index (χ2n) is 4.76. The molecule has 0 amide bonds. The maximum atomic E-state index is 11.8. The van der Waals surface area contributed by atoms with Crippen molar-refractivity contribution in [2.24, 2.45) is 0 Å². The van der Waals surface area contributed by atoms with Gasteiger partial charge in [-0.3, -0.25) is 0 Å². The van der Waals surface area contributed by atoms with Crippen LogP contribution in [0.25, 0.3) is 6.08 Å². The van der Waals surface area contributed by atoms with E-state index in [1.807, 2.05) is 6.07 Å². The molecule has 0 N–H and O–H groups in total. The fourth-order valence-electron chi connectivity index (χ4n) is 1.75. The van der Waals surface area contributed by atoms with Gasteiger partial charge in [-0.1, -0.05) is 12.1 Å². The quantitative estimate of drug-likeness (QED) is 0.479. The van der Waals surface area contributed by atoms with Crippen molar-refractivity contribution in [1.82, 2.24) is 0 Å². The fourth-order valence-corrected chi connectivity index (χ4v) is 1.75. The van der Waals surface area contributed by atoms with Gasteiger partial charge in [-0.15, -0.1) is 0 Å². The lowest BCUT2D eigenvalue weighted by Gasteiger charge is -2.29. The Morgan fingerprint density at radius 1 is 1.29 bits per heavy atom. The molecule has 0 aromatic heterocycles. The summed E-state index contributed by atoms with van der Waals surface area (Å²) in [4.78, 5) is 23.6. The summed E-state index contributed by atoms with van der Waals surface area (Å²) in [5.74, 6) is -2.27. The van der Waals surface area contributed by atoms with Gasteiger partial charge in [0, 0.05) is 13.8 Å². The smallest absolute Gasteiger partial charge is 0.348 e. The Morgan fingerprint density at radius 3 is 2.57 bits per heavy atom. The lowest BCUT2D eigenvalue weighted by Crippen LogP contribution is -2.41. The van der Waals surface area contributed by atoms with Gasteiger partial charge in [0.1, 0.15) is 17.4 Å². The zero-order valence-electron chi connectivity index (χ0n) is 11.6. The standard InChI is InChI=1S/C15H13NO5/c1-15(2)20-13(17)12(14(18)21-15)9-10-4-3-5-11(8-10)19-7-6-16/h3-5,8-9H,7H2,1-2H3. The molecule has 1 fully saturated rings. The first kappa shape index (κ1) is 14.6. The largest absolute Gasteiger partial charge is 0.479 e. The van der Waals surface area contributed by atoms with E-state index in [0.29, 0.717) is 11.3 Å². The molecule has 1 aliphatic rings. The number of hydrogen-bond acceptors (Lipinski definition) is 6. The fraction of sp³-hybridized carbons (Fsp3) is 0.267. The average molecular weight is 287 g/mol. The van der Waals surface area contributed by atoms with E-state index in [1.54, 1.807) is 24.3 Å². The predicted molar refractivity (Wildman–Crippen MR) is 71.8 cm³/mol. The van der Waals surface area contributed by atoms with Crippen molar-refractivity contribution in [3.8, 4) is 11.8 Å². The van der Waals surface area contributed by atoms with Crippen molar-refractivity contribution < 1.29 is 23.8 Å². The summed E-state index contributed by atoms with van der Waals surface area (Å²) in [6.45, 7) is 2.88. The Hall–Kier alpha value is -2.81. The zero-order chi connectivity index (χ0) is 15.5. The van der Waals surface area contributed by atoms with Gasteiger partial charge >= 0.3 is 11.9 Å². The van der Waals surface area contributed by atoms with Crippen LogP contribution < -0.4 is 4.74 Å². The minimum atomic E-state index is -1.26. The molecule has 0 spiro atoms. The second-order valence-corrected chi connectivity index (χ2v) is 4.76. The summed E-state index contributed by atoms with van der Waals surface area (Å²) < 4.78 is 15.1. The second kappa shape index (κ2) is 5.67. The molecule has 1 aliphatic heterocycles. The molecule has 0 unspecified atom stereocenters. The first-order chi connectivity index (χ1) is 9.91. The van der Waals surface area contributed by atoms with E-state index in [0.717, 1.165) is 0 Å². The molecule has 6 nitrogen and oxygen atoms in total. The molecular formula is C15H13NO5. The summed E-state index contributed by atoms with van der Waals surface area (Å²) in [7, 11) is 0. The van der Waals surface area contributed by atoms with Crippen molar-refractivity contribution in [3.63, 3.8) is 0 Å². The Labute approximate surface area is 121 Å². The molecular weight excluding hydrogens is 274 g/mol. The van der Waals surface area contributed by atoms with Gasteiger partial charge in [0.05, 0.1) is 0 Å². The van der Waals surface area contributed by atoms with Gasteiger partial charge in [0.15, 0.2) is 6.61 Å². The van der Waals surface area contributed by atoms with Gasteiger partial charge in [-0.05, 0) is 23.8 Å². The van der Waals surface area contributed by atoms with Crippen molar-refractivity contribution in [3.05, 3.63) is 35.4 Å². The van der Waals surface area contributed by atoms with Crippen LogP contribution in [-0.2, 0) is 19.1 Å². The number of esters is 2. The SMILES string of the molecule is CC1(C)OC(=O)C(=Cc2cccc(OCC#N)c2)C(=O)O1. The number of nitriles is 1. The van der Waals surface area contributed by atoms with E-state index in [1.165, 1.54) is 19.9 Å². The van der Waals surface area contributed by atoms with Gasteiger partial charge in [-0.25, -0.2) is 9.59 Å². The van der Waals surface area contributed by atoms with Crippen LogP contribution in [0.4, 0.5) is 0 Å². The highest BCUT2D eigenvalue weighted by Crippen LogP contribution is 2.25. The predicted octanol–water partition coefficient (Wildman–Crippen LogP) is 1.81. The number of carbonyl (C=O) groups is 2. The summed E-state index contributed by atoms with van der Waals surface area (Å²) in [6.07, 6.45) is 1.36. The van der Waals surface area contributed by atoms with Gasteiger partial charge < -0.3 is 14.2 Å². The van der Waals surface area contributed by atoms with Crippen LogP contribution in [0.15, 0.2) is 29.8 Å². The molecule has 0 atom stereocenters. The molecule has 1 heterocycles. The highest BCUT2D eigenvalue weighted by molar-refractivity contribution is 6.18. The lowest BCUT2D eigenvalue weighted by atomic mass is 10.1. The minimum Gasteiger partial charge on any atom is -0.479 e. The molecule has 0 saturated carbocycles. The monoisotopic (exact) mass is 287 g/mol. The highest BCUT2D eigenvalue weighted by atomic mass is 16.7. The van der Waals surface area contributed by atoms with E-state index in [2.05, 4.69) is 0 Å². The van der Waals surface area contributed by atoms with Crippen LogP contribution in [0.5, 0.6) is 5.75 Å². The first-order valence-electron chi connectivity index (χ1n) is 6.19. The Kier molecular flexibility index (Phi) is 3.94.